The van der Waals surface area contributed by atoms with Crippen LogP contribution in [0, 0.1) is 11.8 Å². The maximum absolute atomic E-state index is 5.53. The number of hydrogen-bond acceptors (Lipinski definition) is 3. The van der Waals surface area contributed by atoms with Gasteiger partial charge in [-0.05, 0) is 11.8 Å². The molecule has 0 saturated heterocycles. The summed E-state index contributed by atoms with van der Waals surface area (Å²) in [6, 6.07) is 0. The van der Waals surface area contributed by atoms with Crippen molar-refractivity contribution in [3.8, 4) is 0 Å². The summed E-state index contributed by atoms with van der Waals surface area (Å²) in [5.41, 5.74) is 0. The number of methoxy groups -OCH3 is 3. The molecule has 0 spiro atoms. The molecule has 0 aromatic rings. The highest BCUT2D eigenvalue weighted by Gasteiger charge is 2.33. The third kappa shape index (κ3) is 4.09. The summed E-state index contributed by atoms with van der Waals surface area (Å²) in [4.78, 5) is 0. The monoisotopic (exact) mass is 218 g/mol. The van der Waals surface area contributed by atoms with E-state index in [0.717, 1.165) is 0 Å². The van der Waals surface area contributed by atoms with Crippen LogP contribution in [-0.2, 0) is 14.2 Å². The van der Waals surface area contributed by atoms with Gasteiger partial charge in [0.1, 0.15) is 6.10 Å². The predicted octanol–water partition coefficient (Wildman–Crippen LogP) is 2.34. The summed E-state index contributed by atoms with van der Waals surface area (Å²) in [6.45, 7) is 8.53. The molecule has 15 heavy (non-hydrogen) atoms. The molecule has 0 rings (SSSR count). The molecular formula is C12H26O3. The standard InChI is InChI=1S/C12H26O3/c1-8(2)10(13-5)12(15-7)11(14-6)9(3)4/h8-12H,1-7H3/t10-,11-/m1/s1. The van der Waals surface area contributed by atoms with Gasteiger partial charge < -0.3 is 14.2 Å². The third-order valence-corrected chi connectivity index (χ3v) is 2.78. The Balaban J connectivity index is 4.68. The lowest BCUT2D eigenvalue weighted by atomic mass is 9.92. The lowest BCUT2D eigenvalue weighted by Gasteiger charge is -2.35. The van der Waals surface area contributed by atoms with Crippen molar-refractivity contribution < 1.29 is 14.2 Å². The van der Waals surface area contributed by atoms with E-state index in [1.165, 1.54) is 0 Å². The Morgan fingerprint density at radius 2 is 0.800 bits per heavy atom. The summed E-state index contributed by atoms with van der Waals surface area (Å²) >= 11 is 0. The second kappa shape index (κ2) is 7.20. The van der Waals surface area contributed by atoms with Gasteiger partial charge in [0.2, 0.25) is 0 Å². The van der Waals surface area contributed by atoms with Gasteiger partial charge in [-0.15, -0.1) is 0 Å². The summed E-state index contributed by atoms with van der Waals surface area (Å²) in [5, 5.41) is 0. The van der Waals surface area contributed by atoms with Crippen LogP contribution in [0.4, 0.5) is 0 Å². The summed E-state index contributed by atoms with van der Waals surface area (Å²) in [5.74, 6) is 0.827. The van der Waals surface area contributed by atoms with Crippen LogP contribution in [0.25, 0.3) is 0 Å². The zero-order chi connectivity index (χ0) is 12.0. The molecule has 3 heteroatoms. The summed E-state index contributed by atoms with van der Waals surface area (Å²) in [7, 11) is 5.17. The van der Waals surface area contributed by atoms with Crippen LogP contribution in [0.3, 0.4) is 0 Å². The minimum absolute atomic E-state index is 0.0139. The van der Waals surface area contributed by atoms with Crippen molar-refractivity contribution in [2.45, 2.75) is 46.0 Å². The molecule has 0 heterocycles. The molecule has 0 aliphatic rings. The van der Waals surface area contributed by atoms with E-state index in [9.17, 15) is 0 Å². The van der Waals surface area contributed by atoms with Crippen LogP contribution in [0.5, 0.6) is 0 Å². The zero-order valence-electron chi connectivity index (χ0n) is 11.1. The summed E-state index contributed by atoms with van der Waals surface area (Å²) < 4.78 is 16.5. The van der Waals surface area contributed by atoms with E-state index in [4.69, 9.17) is 14.2 Å². The molecule has 0 aromatic carbocycles. The summed E-state index contributed by atoms with van der Waals surface area (Å²) in [6.07, 6.45) is 0.129. The highest BCUT2D eigenvalue weighted by Crippen LogP contribution is 2.22. The molecule has 0 fully saturated rings. The first-order chi connectivity index (χ1) is 6.99. The molecular weight excluding hydrogens is 192 g/mol. The minimum atomic E-state index is -0.0139. The number of ether oxygens (including phenoxy) is 3. The van der Waals surface area contributed by atoms with Crippen molar-refractivity contribution in [2.24, 2.45) is 11.8 Å². The highest BCUT2D eigenvalue weighted by molar-refractivity contribution is 4.83. The quantitative estimate of drug-likeness (QED) is 0.656. The molecule has 0 bridgehead atoms. The number of hydrogen-bond donors (Lipinski definition) is 0. The Kier molecular flexibility index (Phi) is 7.14. The molecule has 2 atom stereocenters. The first kappa shape index (κ1) is 14.9. The van der Waals surface area contributed by atoms with Crippen LogP contribution in [0.1, 0.15) is 27.7 Å². The maximum atomic E-state index is 5.53. The van der Waals surface area contributed by atoms with Crippen molar-refractivity contribution >= 4 is 0 Å². The van der Waals surface area contributed by atoms with Crippen molar-refractivity contribution in [2.75, 3.05) is 21.3 Å². The van der Waals surface area contributed by atoms with E-state index in [-0.39, 0.29) is 18.3 Å². The fourth-order valence-electron chi connectivity index (χ4n) is 2.03. The largest absolute Gasteiger partial charge is 0.378 e. The van der Waals surface area contributed by atoms with Crippen molar-refractivity contribution in [1.29, 1.82) is 0 Å². The van der Waals surface area contributed by atoms with Crippen LogP contribution in [-0.4, -0.2) is 39.6 Å². The molecule has 0 saturated carbocycles. The minimum Gasteiger partial charge on any atom is -0.378 e. The van der Waals surface area contributed by atoms with E-state index in [1.54, 1.807) is 21.3 Å². The van der Waals surface area contributed by atoms with E-state index < -0.39 is 0 Å². The van der Waals surface area contributed by atoms with Gasteiger partial charge >= 0.3 is 0 Å². The van der Waals surface area contributed by atoms with Gasteiger partial charge in [-0.3, -0.25) is 0 Å². The van der Waals surface area contributed by atoms with Crippen molar-refractivity contribution in [3.63, 3.8) is 0 Å². The predicted molar refractivity (Wildman–Crippen MR) is 62.1 cm³/mol. The average molecular weight is 218 g/mol. The fraction of sp³-hybridized carbons (Fsp3) is 1.00. The molecule has 0 aliphatic heterocycles. The lowest BCUT2D eigenvalue weighted by Crippen LogP contribution is -2.46. The number of rotatable bonds is 7. The molecule has 0 unspecified atom stereocenters. The van der Waals surface area contributed by atoms with E-state index in [0.29, 0.717) is 11.8 Å². The fourth-order valence-corrected chi connectivity index (χ4v) is 2.03. The Labute approximate surface area is 94.1 Å². The normalized spacial score (nSPS) is 18.2. The SMILES string of the molecule is COC([C@H](OC)C(C)C)[C@H](OC)C(C)C. The van der Waals surface area contributed by atoms with Crippen LogP contribution in [0.15, 0.2) is 0 Å². The van der Waals surface area contributed by atoms with Gasteiger partial charge in [0.15, 0.2) is 0 Å². The second-order valence-corrected chi connectivity index (χ2v) is 4.59. The van der Waals surface area contributed by atoms with E-state index in [1.807, 2.05) is 0 Å². The molecule has 0 amide bonds. The lowest BCUT2D eigenvalue weighted by molar-refractivity contribution is -0.132. The molecule has 0 radical (unpaired) electrons. The molecule has 0 N–H and O–H groups in total. The van der Waals surface area contributed by atoms with Crippen LogP contribution >= 0.6 is 0 Å². The third-order valence-electron chi connectivity index (χ3n) is 2.78. The van der Waals surface area contributed by atoms with E-state index >= 15 is 0 Å². The van der Waals surface area contributed by atoms with Crippen molar-refractivity contribution in [3.05, 3.63) is 0 Å². The first-order valence-electron chi connectivity index (χ1n) is 5.57. The molecule has 0 aliphatic carbocycles. The smallest absolute Gasteiger partial charge is 0.110 e. The molecule has 92 valence electrons. The maximum Gasteiger partial charge on any atom is 0.110 e. The highest BCUT2D eigenvalue weighted by atomic mass is 16.6. The average Bonchev–Trinajstić information content (AvgIpc) is 2.16. The molecule has 0 aromatic heterocycles. The zero-order valence-corrected chi connectivity index (χ0v) is 11.1. The molecule has 3 nitrogen and oxygen atoms in total. The topological polar surface area (TPSA) is 27.7 Å². The Morgan fingerprint density at radius 3 is 0.933 bits per heavy atom. The van der Waals surface area contributed by atoms with Gasteiger partial charge in [-0.2, -0.15) is 0 Å². The van der Waals surface area contributed by atoms with Gasteiger partial charge in [-0.1, -0.05) is 27.7 Å². The van der Waals surface area contributed by atoms with Gasteiger partial charge in [0.05, 0.1) is 12.2 Å². The second-order valence-electron chi connectivity index (χ2n) is 4.59. The van der Waals surface area contributed by atoms with Gasteiger partial charge in [0.25, 0.3) is 0 Å². The first-order valence-corrected chi connectivity index (χ1v) is 5.57. The Morgan fingerprint density at radius 1 is 0.533 bits per heavy atom. The van der Waals surface area contributed by atoms with Crippen molar-refractivity contribution in [1.82, 2.24) is 0 Å². The Hall–Kier alpha value is -0.120. The van der Waals surface area contributed by atoms with Crippen LogP contribution < -0.4 is 0 Å². The van der Waals surface area contributed by atoms with Gasteiger partial charge in [-0.25, -0.2) is 0 Å². The van der Waals surface area contributed by atoms with E-state index in [2.05, 4.69) is 27.7 Å². The Bertz CT molecular complexity index is 141. The van der Waals surface area contributed by atoms with Gasteiger partial charge in [0, 0.05) is 21.3 Å². The van der Waals surface area contributed by atoms with Crippen LogP contribution in [0.2, 0.25) is 0 Å².